The van der Waals surface area contributed by atoms with Gasteiger partial charge in [0.2, 0.25) is 5.91 Å². The lowest BCUT2D eigenvalue weighted by Gasteiger charge is -2.14. The number of carbonyl (C=O) groups excluding carboxylic acids is 1. The summed E-state index contributed by atoms with van der Waals surface area (Å²) in [6.45, 7) is 3.66. The zero-order valence-corrected chi connectivity index (χ0v) is 17.5. The molecule has 2 aromatic carbocycles. The number of aromatic amines is 1. The van der Waals surface area contributed by atoms with Crippen LogP contribution in [0.5, 0.6) is 5.75 Å². The highest BCUT2D eigenvalue weighted by Gasteiger charge is 2.20. The van der Waals surface area contributed by atoms with Gasteiger partial charge in [-0.05, 0) is 26.0 Å². The Hall–Kier alpha value is -3.57. The largest absolute Gasteiger partial charge is 0.495 e. The molecule has 1 heterocycles. The molecule has 7 nitrogen and oxygen atoms in total. The predicted octanol–water partition coefficient (Wildman–Crippen LogP) is 3.74. The fraction of sp³-hybridized carbons (Fsp3) is 0.182. The Morgan fingerprint density at radius 1 is 1.23 bits per heavy atom. The molecule has 1 amide bonds. The number of aromatic nitrogens is 2. The van der Waals surface area contributed by atoms with Gasteiger partial charge in [0.05, 0.1) is 23.7 Å². The number of ether oxygens (including phenoxy) is 1. The van der Waals surface area contributed by atoms with Gasteiger partial charge in [-0.25, -0.2) is 4.98 Å². The van der Waals surface area contributed by atoms with E-state index in [4.69, 9.17) is 4.74 Å². The average Bonchev–Trinajstić information content (AvgIpc) is 2.74. The predicted molar refractivity (Wildman–Crippen MR) is 117 cm³/mol. The molecule has 2 N–H and O–H groups in total. The number of aryl methyl sites for hydroxylation is 1. The van der Waals surface area contributed by atoms with Crippen LogP contribution in [0.2, 0.25) is 0 Å². The van der Waals surface area contributed by atoms with E-state index in [-0.39, 0.29) is 16.6 Å². The van der Waals surface area contributed by atoms with Crippen molar-refractivity contribution in [1.82, 2.24) is 9.97 Å². The number of hydrogen-bond donors (Lipinski definition) is 2. The number of thioether (sulfide) groups is 1. The second-order valence-corrected chi connectivity index (χ2v) is 7.85. The van der Waals surface area contributed by atoms with Gasteiger partial charge in [0.15, 0.2) is 5.16 Å². The van der Waals surface area contributed by atoms with Crippen LogP contribution in [0.1, 0.15) is 18.1 Å². The van der Waals surface area contributed by atoms with E-state index in [1.54, 1.807) is 25.1 Å². The quantitative estimate of drug-likeness (QED) is 0.465. The smallest absolute Gasteiger partial charge is 0.270 e. The summed E-state index contributed by atoms with van der Waals surface area (Å²) in [5.41, 5.74) is 1.96. The maximum Gasteiger partial charge on any atom is 0.270 e. The minimum absolute atomic E-state index is 0.0608. The fourth-order valence-electron chi connectivity index (χ4n) is 2.74. The van der Waals surface area contributed by atoms with Crippen molar-refractivity contribution in [1.29, 1.82) is 5.26 Å². The van der Waals surface area contributed by atoms with Crippen molar-refractivity contribution in [2.75, 3.05) is 12.4 Å². The molecule has 0 bridgehead atoms. The molecule has 3 aromatic rings. The van der Waals surface area contributed by atoms with E-state index in [0.717, 1.165) is 17.3 Å². The van der Waals surface area contributed by atoms with Gasteiger partial charge in [-0.15, -0.1) is 0 Å². The monoisotopic (exact) mass is 420 g/mol. The van der Waals surface area contributed by atoms with Gasteiger partial charge in [-0.2, -0.15) is 5.26 Å². The Bertz CT molecular complexity index is 1170. The molecule has 0 aliphatic rings. The van der Waals surface area contributed by atoms with Crippen molar-refractivity contribution >= 4 is 23.4 Å². The van der Waals surface area contributed by atoms with Gasteiger partial charge in [-0.1, -0.05) is 53.7 Å². The summed E-state index contributed by atoms with van der Waals surface area (Å²) in [4.78, 5) is 32.1. The number of nitrogens with one attached hydrogen (secondary N) is 2. The number of amides is 1. The lowest BCUT2D eigenvalue weighted by atomic mass is 10.1. The number of nitrogens with zero attached hydrogens (tertiary/aromatic N) is 2. The van der Waals surface area contributed by atoms with Crippen molar-refractivity contribution in [2.45, 2.75) is 24.3 Å². The Morgan fingerprint density at radius 2 is 1.93 bits per heavy atom. The first-order valence-corrected chi connectivity index (χ1v) is 10.0. The van der Waals surface area contributed by atoms with Gasteiger partial charge < -0.3 is 15.0 Å². The van der Waals surface area contributed by atoms with Crippen LogP contribution >= 0.6 is 11.8 Å². The molecule has 0 radical (unpaired) electrons. The molecule has 1 unspecified atom stereocenters. The summed E-state index contributed by atoms with van der Waals surface area (Å²) < 4.78 is 5.25. The lowest BCUT2D eigenvalue weighted by Crippen LogP contribution is -2.24. The van der Waals surface area contributed by atoms with Gasteiger partial charge in [0.1, 0.15) is 17.4 Å². The third kappa shape index (κ3) is 4.70. The van der Waals surface area contributed by atoms with E-state index in [0.29, 0.717) is 22.7 Å². The molecule has 0 fully saturated rings. The lowest BCUT2D eigenvalue weighted by molar-refractivity contribution is -0.115. The van der Waals surface area contributed by atoms with Gasteiger partial charge in [-0.3, -0.25) is 9.59 Å². The molecule has 3 rings (SSSR count). The maximum atomic E-state index is 12.6. The maximum absolute atomic E-state index is 12.6. The van der Waals surface area contributed by atoms with E-state index in [2.05, 4.69) is 15.3 Å². The molecule has 8 heteroatoms. The molecular weight excluding hydrogens is 400 g/mol. The molecule has 1 aromatic heterocycles. The van der Waals surface area contributed by atoms with Crippen LogP contribution in [-0.2, 0) is 4.79 Å². The number of H-pyrrole nitrogens is 1. The minimum atomic E-state index is -0.558. The SMILES string of the molecule is COc1ccccc1NC(=O)C(C)Sc1nc(-c2ccc(C)cc2)c(C#N)c(=O)[nH]1. The number of methoxy groups -OCH3 is 1. The molecular formula is C22H20N4O3S. The first-order valence-electron chi connectivity index (χ1n) is 9.15. The van der Waals surface area contributed by atoms with Crippen LogP contribution in [0.25, 0.3) is 11.3 Å². The second-order valence-electron chi connectivity index (χ2n) is 6.52. The van der Waals surface area contributed by atoms with Gasteiger partial charge >= 0.3 is 0 Å². The Morgan fingerprint density at radius 3 is 2.60 bits per heavy atom. The molecule has 0 saturated carbocycles. The summed E-state index contributed by atoms with van der Waals surface area (Å²) >= 11 is 1.10. The summed E-state index contributed by atoms with van der Waals surface area (Å²) in [6, 6.07) is 16.4. The topological polar surface area (TPSA) is 108 Å². The van der Waals surface area contributed by atoms with Crippen LogP contribution in [0, 0.1) is 18.3 Å². The third-order valence-corrected chi connectivity index (χ3v) is 5.34. The molecule has 0 saturated heterocycles. The van der Waals surface area contributed by atoms with Crippen LogP contribution in [-0.4, -0.2) is 28.2 Å². The number of anilines is 1. The Kier molecular flexibility index (Phi) is 6.54. The molecule has 0 spiro atoms. The highest BCUT2D eigenvalue weighted by atomic mass is 32.2. The Balaban J connectivity index is 1.85. The second kappa shape index (κ2) is 9.29. The number of nitriles is 1. The van der Waals surface area contributed by atoms with Crippen molar-refractivity contribution in [3.63, 3.8) is 0 Å². The van der Waals surface area contributed by atoms with E-state index < -0.39 is 10.8 Å². The first-order chi connectivity index (χ1) is 14.4. The number of carbonyl (C=O) groups is 1. The molecule has 1 atom stereocenters. The van der Waals surface area contributed by atoms with Crippen molar-refractivity contribution in [3.05, 3.63) is 70.0 Å². The number of benzene rings is 2. The average molecular weight is 420 g/mol. The van der Waals surface area contributed by atoms with Gasteiger partial charge in [0.25, 0.3) is 5.56 Å². The van der Waals surface area contributed by atoms with E-state index in [9.17, 15) is 14.9 Å². The van der Waals surface area contributed by atoms with Gasteiger partial charge in [0, 0.05) is 5.56 Å². The molecule has 30 heavy (non-hydrogen) atoms. The number of rotatable bonds is 6. The van der Waals surface area contributed by atoms with Crippen molar-refractivity contribution in [3.8, 4) is 23.1 Å². The van der Waals surface area contributed by atoms with Crippen LogP contribution in [0.4, 0.5) is 5.69 Å². The van der Waals surface area contributed by atoms with Crippen molar-refractivity contribution in [2.24, 2.45) is 0 Å². The van der Waals surface area contributed by atoms with Crippen LogP contribution < -0.4 is 15.6 Å². The summed E-state index contributed by atoms with van der Waals surface area (Å²) in [6.07, 6.45) is 0. The Labute approximate surface area is 178 Å². The zero-order valence-electron chi connectivity index (χ0n) is 16.7. The first kappa shape index (κ1) is 21.1. The highest BCUT2D eigenvalue weighted by molar-refractivity contribution is 8.00. The molecule has 152 valence electrons. The third-order valence-electron chi connectivity index (χ3n) is 4.36. The standard InChI is InChI=1S/C22H20N4O3S/c1-13-8-10-15(11-9-13)19-16(12-23)21(28)26-22(25-19)30-14(2)20(27)24-17-6-4-5-7-18(17)29-3/h4-11,14H,1-3H3,(H,24,27)(H,25,26,28). The van der Waals surface area contributed by atoms with E-state index in [1.807, 2.05) is 43.3 Å². The molecule has 0 aliphatic carbocycles. The fourth-order valence-corrected chi connectivity index (χ4v) is 3.53. The van der Waals surface area contributed by atoms with Crippen LogP contribution in [0.15, 0.2) is 58.5 Å². The normalized spacial score (nSPS) is 11.4. The number of hydrogen-bond acceptors (Lipinski definition) is 6. The molecule has 0 aliphatic heterocycles. The van der Waals surface area contributed by atoms with E-state index in [1.165, 1.54) is 7.11 Å². The summed E-state index contributed by atoms with van der Waals surface area (Å²) in [5.74, 6) is 0.281. The summed E-state index contributed by atoms with van der Waals surface area (Å²) in [7, 11) is 1.53. The number of para-hydroxylation sites is 2. The van der Waals surface area contributed by atoms with Crippen molar-refractivity contribution < 1.29 is 9.53 Å². The summed E-state index contributed by atoms with van der Waals surface area (Å²) in [5, 5.41) is 11.9. The highest BCUT2D eigenvalue weighted by Crippen LogP contribution is 2.27. The zero-order chi connectivity index (χ0) is 21.7. The minimum Gasteiger partial charge on any atom is -0.495 e. The van der Waals surface area contributed by atoms with Crippen LogP contribution in [0.3, 0.4) is 0 Å². The van der Waals surface area contributed by atoms with E-state index >= 15 is 0 Å².